The largest absolute Gasteiger partial charge is 0.744 e. The van der Waals surface area contributed by atoms with Crippen molar-refractivity contribution < 1.29 is 128 Å². The average Bonchev–Trinajstić information content (AvgIpc) is 1.25. The molecule has 3 aliphatic rings. The van der Waals surface area contributed by atoms with E-state index in [9.17, 15) is 80.1 Å². The van der Waals surface area contributed by atoms with Crippen LogP contribution in [0.4, 0.5) is 55.1 Å². The molecule has 0 spiro atoms. The first-order valence-electron chi connectivity index (χ1n) is 35.7. The molecular formula is C72H92F9N13O16S3. The minimum absolute atomic E-state index is 0.0148. The zero-order valence-corrected chi connectivity index (χ0v) is 65.3. The summed E-state index contributed by atoms with van der Waals surface area (Å²) in [6.07, 6.45) is -6.31. The Balaban J connectivity index is 0.000000952. The number of carbonyl (C=O) groups is 7. The molecule has 3 aromatic carbocycles. The van der Waals surface area contributed by atoms with Gasteiger partial charge in [0.05, 0.1) is 56.5 Å². The first kappa shape index (κ1) is 93.6. The predicted octanol–water partition coefficient (Wildman–Crippen LogP) is 1.36. The zero-order valence-electron chi connectivity index (χ0n) is 62.9. The fraction of sp³-hybridized carbons (Fsp3) is 0.472. The number of amides is 5. The Hall–Kier alpha value is -9.97. The van der Waals surface area contributed by atoms with Crippen LogP contribution in [0.15, 0.2) is 117 Å². The highest BCUT2D eigenvalue weighted by molar-refractivity contribution is 7.89. The summed E-state index contributed by atoms with van der Waals surface area (Å²) in [6, 6.07) is 22.6. The summed E-state index contributed by atoms with van der Waals surface area (Å²) in [6.45, 7) is 14.3. The molecule has 622 valence electrons. The molecular weight excluding hydrogens is 1570 g/mol. The molecule has 29 nitrogen and oxygen atoms in total. The number of likely N-dealkylation sites (tertiary alicyclic amines) is 1. The van der Waals surface area contributed by atoms with Crippen LogP contribution in [0.5, 0.6) is 0 Å². The molecule has 2 atom stereocenters. The van der Waals surface area contributed by atoms with E-state index in [4.69, 9.17) is 39.9 Å². The molecule has 113 heavy (non-hydrogen) atoms. The number of halogens is 9. The number of nitrogens with one attached hydrogen (secondary N) is 7. The number of nitrogens with two attached hydrogens (primary N) is 1. The Morgan fingerprint density at radius 2 is 1.29 bits per heavy atom. The van der Waals surface area contributed by atoms with Crippen LogP contribution in [0.1, 0.15) is 102 Å². The number of unbranched alkanes of at least 4 members (excludes halogenated alkanes) is 4. The quantitative estimate of drug-likeness (QED) is 0.00970. The van der Waals surface area contributed by atoms with Crippen LogP contribution in [-0.4, -0.2) is 170 Å². The minimum atomic E-state index is -5.22. The number of piperidine rings is 1. The fourth-order valence-electron chi connectivity index (χ4n) is 11.8. The van der Waals surface area contributed by atoms with Gasteiger partial charge in [0.2, 0.25) is 39.4 Å². The van der Waals surface area contributed by atoms with Gasteiger partial charge >= 0.3 is 29.7 Å². The molecule has 0 bridgehead atoms. The van der Waals surface area contributed by atoms with Crippen molar-refractivity contribution in [2.24, 2.45) is 14.1 Å². The van der Waals surface area contributed by atoms with Gasteiger partial charge in [0, 0.05) is 103 Å². The molecule has 41 heteroatoms. The van der Waals surface area contributed by atoms with E-state index in [1.54, 1.807) is 17.0 Å². The second kappa shape index (κ2) is 42.8. The summed E-state index contributed by atoms with van der Waals surface area (Å²) < 4.78 is 178. The van der Waals surface area contributed by atoms with E-state index in [1.807, 2.05) is 123 Å². The number of fused-ring (bicyclic) bond motifs is 2. The van der Waals surface area contributed by atoms with Gasteiger partial charge in [0.1, 0.15) is 88.7 Å². The van der Waals surface area contributed by atoms with Crippen molar-refractivity contribution in [3.8, 4) is 22.5 Å². The Bertz CT molecular complexity index is 4600. The lowest BCUT2D eigenvalue weighted by Gasteiger charge is -2.29. The minimum Gasteiger partial charge on any atom is -0.744 e. The van der Waals surface area contributed by atoms with Crippen molar-refractivity contribution in [1.82, 2.24) is 40.4 Å². The number of nitrogens with zero attached hydrogens (tertiary/aromatic N) is 5. The number of imidazole rings is 1. The van der Waals surface area contributed by atoms with Crippen molar-refractivity contribution in [3.05, 3.63) is 125 Å². The third-order valence-electron chi connectivity index (χ3n) is 17.9. The third kappa shape index (κ3) is 29.5. The first-order valence-corrected chi connectivity index (χ1v) is 39.5. The fourth-order valence-corrected chi connectivity index (χ4v) is 14.5. The molecule has 9 N–H and O–H groups in total. The molecule has 4 heterocycles. The number of urea groups is 1. The lowest BCUT2D eigenvalue weighted by atomic mass is 9.93. The number of carboxylic acid groups (broad SMARTS) is 3. The van der Waals surface area contributed by atoms with E-state index in [1.165, 1.54) is 28.4 Å². The molecule has 0 radical (unpaired) electrons. The highest BCUT2D eigenvalue weighted by Gasteiger charge is 2.34. The highest BCUT2D eigenvalue weighted by atomic mass is 32.2. The van der Waals surface area contributed by atoms with Crippen molar-refractivity contribution >= 4 is 94.9 Å². The molecule has 2 aromatic heterocycles. The van der Waals surface area contributed by atoms with Gasteiger partial charge < -0.3 is 75.1 Å². The molecule has 0 unspecified atom stereocenters. The van der Waals surface area contributed by atoms with E-state index in [2.05, 4.69) is 47.8 Å². The summed E-state index contributed by atoms with van der Waals surface area (Å²) in [5, 5.41) is 45.0. The van der Waals surface area contributed by atoms with Gasteiger partial charge in [-0.2, -0.15) is 39.5 Å². The number of hydrogen-bond donors (Lipinski definition) is 8. The summed E-state index contributed by atoms with van der Waals surface area (Å²) >= 11 is 1.31. The number of quaternary nitrogens is 1. The number of hydrogen-bond acceptors (Lipinski definition) is 19. The maximum Gasteiger partial charge on any atom is 0.430 e. The summed E-state index contributed by atoms with van der Waals surface area (Å²) in [7, 11) is -3.67. The normalized spacial score (nSPS) is 14.3. The lowest BCUT2D eigenvalue weighted by molar-refractivity contribution is -0.884. The van der Waals surface area contributed by atoms with Gasteiger partial charge in [-0.1, -0.05) is 60.6 Å². The maximum atomic E-state index is 14.4. The Kier molecular flexibility index (Phi) is 35.4. The standard InChI is InChI=1S/C66H89N13O10S3.3C2HF3O2/c1-8-78(9-2)48-24-27-53-58(38-48)89-59-39-49(79(10-3)11-4)25-28-54(59)62(53)55-29-26-52(41-60(55)92(86,87)88)91(84,85)70-34-19-13-12-18-32-68-66(83)69-33-20-17-23-56(72-61(80)40-51-44-90-65(67)76(51)7)63(81)73-57(64(82)71-47-30-35-74(5)36-31-47)37-50-43-77(45-75(50)6)42-46-21-15-14-16-22-46;3*3-2(4,5)1(6)7/h14-16,21-22,24-29,38-39,41,43-45,47,56-57,67,70H,8-13,17-20,23,30-37,40,42H2,1-7H3,(H4-2,68,69,71,72,73,80,81,82,83,86,87,88);3*(H,6,7)/t56-,57-;;;/m0.../s1. The van der Waals surface area contributed by atoms with E-state index in [-0.39, 0.29) is 66.7 Å². The topological polar surface area (TPSA) is 415 Å². The van der Waals surface area contributed by atoms with E-state index < -0.39 is 79.5 Å². The monoisotopic (exact) mass is 1660 g/mol. The lowest BCUT2D eigenvalue weighted by Crippen LogP contribution is -3.10. The Labute approximate surface area is 650 Å². The number of anilines is 2. The van der Waals surface area contributed by atoms with E-state index >= 15 is 0 Å². The van der Waals surface area contributed by atoms with Crippen LogP contribution in [0.2, 0.25) is 0 Å². The molecule has 1 aliphatic carbocycles. The van der Waals surface area contributed by atoms with Crippen LogP contribution >= 0.6 is 11.3 Å². The number of sulfonamides is 1. The van der Waals surface area contributed by atoms with Gasteiger partial charge in [0.15, 0.2) is 0 Å². The van der Waals surface area contributed by atoms with Gasteiger partial charge in [-0.15, -0.1) is 0 Å². The van der Waals surface area contributed by atoms with Crippen molar-refractivity contribution in [1.29, 1.82) is 0 Å². The van der Waals surface area contributed by atoms with Crippen molar-refractivity contribution in [2.45, 2.75) is 151 Å². The number of nitrogen functional groups attached to an aromatic ring is 1. The van der Waals surface area contributed by atoms with Gasteiger partial charge in [0.25, 0.3) is 0 Å². The van der Waals surface area contributed by atoms with Gasteiger partial charge in [-0.3, -0.25) is 20.1 Å². The number of aryl methyl sites for hydroxylation is 1. The van der Waals surface area contributed by atoms with Crippen molar-refractivity contribution in [3.63, 3.8) is 0 Å². The van der Waals surface area contributed by atoms with Crippen LogP contribution < -0.4 is 81.2 Å². The molecule has 8 rings (SSSR count). The second-order valence-corrected chi connectivity index (χ2v) is 30.1. The Morgan fingerprint density at radius 1 is 0.726 bits per heavy atom. The van der Waals surface area contributed by atoms with Crippen LogP contribution in [0.3, 0.4) is 0 Å². The number of carbonyl (C=O) groups excluding carboxylic acids is 7. The van der Waals surface area contributed by atoms with Crippen LogP contribution in [-0.2, 0) is 82.4 Å². The number of benzene rings is 4. The molecule has 5 aromatic rings. The highest BCUT2D eigenvalue weighted by Crippen LogP contribution is 2.43. The van der Waals surface area contributed by atoms with Gasteiger partial charge in [-0.25, -0.2) is 44.6 Å². The number of rotatable bonds is 32. The molecule has 1 fully saturated rings. The molecule has 1 saturated heterocycles. The molecule has 2 aliphatic heterocycles. The van der Waals surface area contributed by atoms with Crippen LogP contribution in [0.25, 0.3) is 33.4 Å². The van der Waals surface area contributed by atoms with E-state index in [0.717, 1.165) is 80.5 Å². The zero-order chi connectivity index (χ0) is 84.3. The van der Waals surface area contributed by atoms with Gasteiger partial charge in [-0.05, 0) is 95.7 Å². The SMILES string of the molecule is CCN(CC)c1ccc2c(-c3ccc(S(=O)(=O)NCCCCCCNC(=O)NCCCC[C@H](NC(=O)Cc4csc(N)[n+]4C)C(=O)N[C@@H](Cc4c[n+](Cc5ccccc5)cn4C)C(=O)NC4CC[NH+](C)CC4)cc3S(=O)(=O)[O-])c3ccc(=[N+](CC)CC)cc-3oc2c1.O=C([O-])C(F)(F)F.O=C([O-])C(F)(F)F.O=C([O-])C(F)(F)F. The smallest absolute Gasteiger partial charge is 0.430 e. The number of carboxylic acids is 3. The summed E-state index contributed by atoms with van der Waals surface area (Å²) in [5.41, 5.74) is 11.1. The second-order valence-electron chi connectivity index (χ2n) is 26.1. The summed E-state index contributed by atoms with van der Waals surface area (Å²) in [5.74, 6) is -9.72. The number of aromatic nitrogens is 3. The Morgan fingerprint density at radius 3 is 1.83 bits per heavy atom. The summed E-state index contributed by atoms with van der Waals surface area (Å²) in [4.78, 5) is 83.9. The number of alkyl halides is 9. The van der Waals surface area contributed by atoms with E-state index in [0.29, 0.717) is 90.3 Å². The van der Waals surface area contributed by atoms with Crippen LogP contribution in [0, 0.1) is 0 Å². The molecule has 5 amide bonds. The third-order valence-corrected chi connectivity index (χ3v) is 21.2. The maximum absolute atomic E-state index is 14.4. The average molecular weight is 1660 g/mol. The van der Waals surface area contributed by atoms with Crippen molar-refractivity contribution in [2.75, 3.05) is 76.6 Å². The number of thiazole rings is 1. The number of aliphatic carboxylic acids is 3. The predicted molar refractivity (Wildman–Crippen MR) is 388 cm³/mol. The first-order chi connectivity index (χ1) is 52.9. The molecule has 0 saturated carbocycles.